The summed E-state index contributed by atoms with van der Waals surface area (Å²) >= 11 is 8.06. The fourth-order valence-electron chi connectivity index (χ4n) is 1.65. The summed E-state index contributed by atoms with van der Waals surface area (Å²) in [6, 6.07) is 14.3. The minimum Gasteiger partial charge on any atom is -0.269 e. The van der Waals surface area contributed by atoms with Gasteiger partial charge in [0.2, 0.25) is 0 Å². The van der Waals surface area contributed by atoms with Gasteiger partial charge in [-0.1, -0.05) is 29.8 Å². The van der Waals surface area contributed by atoms with Gasteiger partial charge >= 0.3 is 0 Å². The number of hydrogen-bond acceptors (Lipinski definition) is 2. The highest BCUT2D eigenvalue weighted by molar-refractivity contribution is 14.1. The first-order valence-corrected chi connectivity index (χ1v) is 6.98. The number of rotatable bonds is 3. The molecule has 5 heteroatoms. The van der Waals surface area contributed by atoms with Crippen molar-refractivity contribution < 1.29 is 9.63 Å². The molecule has 19 heavy (non-hydrogen) atoms. The topological polar surface area (TPSA) is 29.5 Å². The number of hydrogen-bond donors (Lipinski definition) is 0. The number of hydroxylamine groups is 1. The molecule has 0 aliphatic carbocycles. The molecule has 0 unspecified atom stereocenters. The zero-order chi connectivity index (χ0) is 13.8. The van der Waals surface area contributed by atoms with Crippen molar-refractivity contribution in [1.82, 2.24) is 0 Å². The summed E-state index contributed by atoms with van der Waals surface area (Å²) in [6.07, 6.45) is 0. The number of carbonyl (C=O) groups excluding carboxylic acids is 1. The van der Waals surface area contributed by atoms with Crippen LogP contribution < -0.4 is 5.06 Å². The van der Waals surface area contributed by atoms with E-state index in [0.29, 0.717) is 16.3 Å². The lowest BCUT2D eigenvalue weighted by molar-refractivity contribution is 0.0772. The Bertz CT molecular complexity index is 604. The van der Waals surface area contributed by atoms with Crippen molar-refractivity contribution in [2.75, 3.05) is 12.2 Å². The van der Waals surface area contributed by atoms with Crippen LogP contribution in [0.25, 0.3) is 0 Å². The van der Waals surface area contributed by atoms with E-state index in [0.717, 1.165) is 3.57 Å². The van der Waals surface area contributed by atoms with Gasteiger partial charge in [-0.25, -0.2) is 0 Å². The summed E-state index contributed by atoms with van der Waals surface area (Å²) in [4.78, 5) is 17.6. The van der Waals surface area contributed by atoms with Crippen molar-refractivity contribution in [2.45, 2.75) is 0 Å². The number of nitrogens with zero attached hydrogens (tertiary/aromatic N) is 1. The smallest absolute Gasteiger partial charge is 0.269 e. The van der Waals surface area contributed by atoms with E-state index >= 15 is 0 Å². The Hall–Kier alpha value is -1.11. The van der Waals surface area contributed by atoms with Crippen molar-refractivity contribution in [3.8, 4) is 0 Å². The Morgan fingerprint density at radius 1 is 1.21 bits per heavy atom. The standard InChI is InChI=1S/C14H11ClINO2/c1-19-17(13-8-3-2-7-12(13)16)14(18)10-5-4-6-11(15)9-10/h2-9H,1H3. The predicted octanol–water partition coefficient (Wildman–Crippen LogP) is 4.15. The third-order valence-electron chi connectivity index (χ3n) is 2.51. The van der Waals surface area contributed by atoms with Gasteiger partial charge in [-0.15, -0.1) is 0 Å². The lowest BCUT2D eigenvalue weighted by Crippen LogP contribution is -2.30. The van der Waals surface area contributed by atoms with E-state index in [1.807, 2.05) is 24.3 Å². The van der Waals surface area contributed by atoms with Gasteiger partial charge in [0, 0.05) is 14.2 Å². The summed E-state index contributed by atoms with van der Waals surface area (Å²) in [5.41, 5.74) is 1.18. The van der Waals surface area contributed by atoms with Crippen molar-refractivity contribution in [2.24, 2.45) is 0 Å². The molecule has 1 amide bonds. The van der Waals surface area contributed by atoms with E-state index in [2.05, 4.69) is 22.6 Å². The highest BCUT2D eigenvalue weighted by Gasteiger charge is 2.19. The van der Waals surface area contributed by atoms with Crippen LogP contribution in [0, 0.1) is 3.57 Å². The summed E-state index contributed by atoms with van der Waals surface area (Å²) in [5.74, 6) is -0.255. The molecule has 0 spiro atoms. The highest BCUT2D eigenvalue weighted by Crippen LogP contribution is 2.24. The third-order valence-corrected chi connectivity index (χ3v) is 3.66. The molecule has 0 saturated heterocycles. The molecule has 0 atom stereocenters. The molecule has 0 heterocycles. The maximum Gasteiger partial charge on any atom is 0.282 e. The van der Waals surface area contributed by atoms with Gasteiger partial charge < -0.3 is 0 Å². The Morgan fingerprint density at radius 2 is 1.95 bits per heavy atom. The second-order valence-corrected chi connectivity index (χ2v) is 5.34. The van der Waals surface area contributed by atoms with Crippen LogP contribution in [0.5, 0.6) is 0 Å². The molecule has 0 aromatic heterocycles. The highest BCUT2D eigenvalue weighted by atomic mass is 127. The van der Waals surface area contributed by atoms with Crippen LogP contribution in [0.4, 0.5) is 5.69 Å². The number of halogens is 2. The van der Waals surface area contributed by atoms with Crippen molar-refractivity contribution in [1.29, 1.82) is 0 Å². The van der Waals surface area contributed by atoms with Crippen LogP contribution in [0.15, 0.2) is 48.5 Å². The SMILES string of the molecule is CON(C(=O)c1cccc(Cl)c1)c1ccccc1I. The van der Waals surface area contributed by atoms with Crippen LogP contribution in [-0.4, -0.2) is 13.0 Å². The Labute approximate surface area is 130 Å². The predicted molar refractivity (Wildman–Crippen MR) is 84.4 cm³/mol. The number of amides is 1. The molecule has 3 nitrogen and oxygen atoms in total. The molecule has 2 aromatic carbocycles. The fourth-order valence-corrected chi connectivity index (χ4v) is 2.44. The summed E-state index contributed by atoms with van der Waals surface area (Å²) in [6.45, 7) is 0. The zero-order valence-electron chi connectivity index (χ0n) is 10.1. The van der Waals surface area contributed by atoms with E-state index < -0.39 is 0 Å². The molecule has 0 aliphatic heterocycles. The lowest BCUT2D eigenvalue weighted by atomic mass is 10.2. The van der Waals surface area contributed by atoms with Crippen LogP contribution in [0.1, 0.15) is 10.4 Å². The first kappa shape index (κ1) is 14.3. The van der Waals surface area contributed by atoms with E-state index in [1.165, 1.54) is 12.2 Å². The first-order chi connectivity index (χ1) is 9.13. The van der Waals surface area contributed by atoms with Gasteiger partial charge in [0.1, 0.15) is 0 Å². The molecule has 0 aliphatic rings. The second kappa shape index (κ2) is 6.36. The lowest BCUT2D eigenvalue weighted by Gasteiger charge is -2.21. The monoisotopic (exact) mass is 387 g/mol. The van der Waals surface area contributed by atoms with Gasteiger partial charge in [-0.05, 0) is 52.9 Å². The number of carbonyl (C=O) groups is 1. The number of anilines is 1. The van der Waals surface area contributed by atoms with Crippen LogP contribution in [0.2, 0.25) is 5.02 Å². The third kappa shape index (κ3) is 3.26. The minimum atomic E-state index is -0.255. The van der Waals surface area contributed by atoms with Crippen molar-refractivity contribution in [3.05, 3.63) is 62.7 Å². The van der Waals surface area contributed by atoms with E-state index in [-0.39, 0.29) is 5.91 Å². The zero-order valence-corrected chi connectivity index (χ0v) is 13.1. The number of para-hydroxylation sites is 1. The largest absolute Gasteiger partial charge is 0.282 e. The first-order valence-electron chi connectivity index (χ1n) is 5.52. The van der Waals surface area contributed by atoms with Crippen LogP contribution >= 0.6 is 34.2 Å². The molecule has 0 bridgehead atoms. The van der Waals surface area contributed by atoms with Gasteiger partial charge in [-0.3, -0.25) is 9.63 Å². The van der Waals surface area contributed by atoms with E-state index in [1.54, 1.807) is 24.3 Å². The average molecular weight is 388 g/mol. The average Bonchev–Trinajstić information content (AvgIpc) is 2.41. The Kier molecular flexibility index (Phi) is 4.79. The van der Waals surface area contributed by atoms with Gasteiger partial charge in [-0.2, -0.15) is 5.06 Å². The minimum absolute atomic E-state index is 0.255. The summed E-state index contributed by atoms with van der Waals surface area (Å²) in [5, 5.41) is 1.78. The maximum atomic E-state index is 12.4. The fraction of sp³-hybridized carbons (Fsp3) is 0.0714. The molecule has 0 radical (unpaired) electrons. The molecular weight excluding hydrogens is 377 g/mol. The van der Waals surface area contributed by atoms with Crippen LogP contribution in [0.3, 0.4) is 0 Å². The quantitative estimate of drug-likeness (QED) is 0.585. The molecule has 0 fully saturated rings. The van der Waals surface area contributed by atoms with Crippen LogP contribution in [-0.2, 0) is 4.84 Å². The van der Waals surface area contributed by atoms with Crippen molar-refractivity contribution in [3.63, 3.8) is 0 Å². The summed E-state index contributed by atoms with van der Waals surface area (Å²) in [7, 11) is 1.46. The van der Waals surface area contributed by atoms with Gasteiger partial charge in [0.05, 0.1) is 12.8 Å². The summed E-state index contributed by atoms with van der Waals surface area (Å²) < 4.78 is 0.928. The van der Waals surface area contributed by atoms with Gasteiger partial charge in [0.15, 0.2) is 0 Å². The molecular formula is C14H11ClINO2. The molecule has 0 N–H and O–H groups in total. The molecule has 0 saturated carbocycles. The van der Waals surface area contributed by atoms with Gasteiger partial charge in [0.25, 0.3) is 5.91 Å². The molecule has 2 aromatic rings. The van der Waals surface area contributed by atoms with E-state index in [4.69, 9.17) is 16.4 Å². The van der Waals surface area contributed by atoms with E-state index in [9.17, 15) is 4.79 Å². The number of benzene rings is 2. The molecule has 98 valence electrons. The Morgan fingerprint density at radius 3 is 2.58 bits per heavy atom. The van der Waals surface area contributed by atoms with Crippen molar-refractivity contribution >= 4 is 45.8 Å². The maximum absolute atomic E-state index is 12.4. The molecule has 2 rings (SSSR count). The Balaban J connectivity index is 2.38. The second-order valence-electron chi connectivity index (χ2n) is 3.74. The normalized spacial score (nSPS) is 10.3.